The van der Waals surface area contributed by atoms with Crippen molar-refractivity contribution < 1.29 is 9.47 Å². The van der Waals surface area contributed by atoms with Gasteiger partial charge in [0.1, 0.15) is 11.5 Å². The average molecular weight is 264 g/mol. The van der Waals surface area contributed by atoms with Gasteiger partial charge in [0.15, 0.2) is 0 Å². The second-order valence-electron chi connectivity index (χ2n) is 5.43. The van der Waals surface area contributed by atoms with E-state index in [0.29, 0.717) is 0 Å². The minimum Gasteiger partial charge on any atom is -0.496 e. The van der Waals surface area contributed by atoms with Crippen LogP contribution in [0.25, 0.3) is 0 Å². The van der Waals surface area contributed by atoms with E-state index in [1.807, 2.05) is 26.1 Å². The van der Waals surface area contributed by atoms with Gasteiger partial charge in [-0.15, -0.1) is 0 Å². The SMILES string of the molecule is CNCC1(C(N)c2cc(OC)c(C)cc2OC)CC1. The van der Waals surface area contributed by atoms with Crippen LogP contribution in [0.5, 0.6) is 11.5 Å². The van der Waals surface area contributed by atoms with E-state index in [0.717, 1.165) is 42.0 Å². The first-order valence-corrected chi connectivity index (χ1v) is 6.70. The molecule has 0 radical (unpaired) electrons. The molecule has 0 amide bonds. The quantitative estimate of drug-likeness (QED) is 0.825. The zero-order valence-electron chi connectivity index (χ0n) is 12.2. The van der Waals surface area contributed by atoms with Crippen LogP contribution in [-0.2, 0) is 0 Å². The van der Waals surface area contributed by atoms with Gasteiger partial charge in [-0.2, -0.15) is 0 Å². The molecule has 0 saturated heterocycles. The minimum atomic E-state index is -0.0237. The number of ether oxygens (including phenoxy) is 2. The highest BCUT2D eigenvalue weighted by Crippen LogP contribution is 2.55. The van der Waals surface area contributed by atoms with E-state index in [9.17, 15) is 0 Å². The molecule has 1 aromatic rings. The third-order valence-electron chi connectivity index (χ3n) is 4.16. The number of methoxy groups -OCH3 is 2. The van der Waals surface area contributed by atoms with Gasteiger partial charge in [-0.3, -0.25) is 0 Å². The highest BCUT2D eigenvalue weighted by atomic mass is 16.5. The van der Waals surface area contributed by atoms with E-state index < -0.39 is 0 Å². The number of hydrogen-bond donors (Lipinski definition) is 2. The van der Waals surface area contributed by atoms with Crippen molar-refractivity contribution in [1.82, 2.24) is 5.32 Å². The van der Waals surface area contributed by atoms with Gasteiger partial charge in [0.05, 0.1) is 14.2 Å². The molecule has 3 N–H and O–H groups in total. The summed E-state index contributed by atoms with van der Waals surface area (Å²) >= 11 is 0. The van der Waals surface area contributed by atoms with Crippen molar-refractivity contribution in [3.05, 3.63) is 23.3 Å². The lowest BCUT2D eigenvalue weighted by atomic mass is 9.89. The molecule has 0 heterocycles. The molecule has 106 valence electrons. The van der Waals surface area contributed by atoms with Crippen molar-refractivity contribution in [3.8, 4) is 11.5 Å². The Morgan fingerprint density at radius 2 is 1.89 bits per heavy atom. The summed E-state index contributed by atoms with van der Waals surface area (Å²) in [5.74, 6) is 1.72. The molecule has 1 fully saturated rings. The van der Waals surface area contributed by atoms with Crippen molar-refractivity contribution in [2.45, 2.75) is 25.8 Å². The van der Waals surface area contributed by atoms with E-state index in [2.05, 4.69) is 5.32 Å². The van der Waals surface area contributed by atoms with E-state index in [-0.39, 0.29) is 11.5 Å². The molecule has 19 heavy (non-hydrogen) atoms. The Hall–Kier alpha value is -1.26. The highest BCUT2D eigenvalue weighted by Gasteiger charge is 2.48. The molecule has 1 aromatic carbocycles. The van der Waals surface area contributed by atoms with Crippen LogP contribution in [0, 0.1) is 12.3 Å². The summed E-state index contributed by atoms with van der Waals surface area (Å²) in [6.45, 7) is 2.95. The summed E-state index contributed by atoms with van der Waals surface area (Å²) in [5.41, 5.74) is 8.77. The number of aryl methyl sites for hydroxylation is 1. The molecular weight excluding hydrogens is 240 g/mol. The monoisotopic (exact) mass is 264 g/mol. The molecule has 1 aliphatic rings. The van der Waals surface area contributed by atoms with Crippen molar-refractivity contribution in [3.63, 3.8) is 0 Å². The summed E-state index contributed by atoms with van der Waals surface area (Å²) in [7, 11) is 5.35. The fraction of sp³-hybridized carbons (Fsp3) is 0.600. The van der Waals surface area contributed by atoms with Gasteiger partial charge in [-0.1, -0.05) is 0 Å². The van der Waals surface area contributed by atoms with Crippen LogP contribution in [0.4, 0.5) is 0 Å². The number of hydrogen-bond acceptors (Lipinski definition) is 4. The third-order valence-corrected chi connectivity index (χ3v) is 4.16. The zero-order chi connectivity index (χ0) is 14.0. The molecule has 4 heteroatoms. The molecular formula is C15H24N2O2. The molecule has 1 unspecified atom stereocenters. The summed E-state index contributed by atoms with van der Waals surface area (Å²) in [4.78, 5) is 0. The maximum atomic E-state index is 6.50. The molecule has 0 bridgehead atoms. The predicted octanol–water partition coefficient (Wildman–Crippen LogP) is 2.01. The highest BCUT2D eigenvalue weighted by molar-refractivity contribution is 5.48. The van der Waals surface area contributed by atoms with Gasteiger partial charge in [-0.05, 0) is 44.5 Å². The molecule has 2 rings (SSSR count). The van der Waals surface area contributed by atoms with E-state index >= 15 is 0 Å². The second kappa shape index (κ2) is 5.39. The predicted molar refractivity (Wildman–Crippen MR) is 76.8 cm³/mol. The Balaban J connectivity index is 2.37. The summed E-state index contributed by atoms with van der Waals surface area (Å²) in [5, 5.41) is 3.25. The minimum absolute atomic E-state index is 0.0237. The van der Waals surface area contributed by atoms with E-state index in [1.54, 1.807) is 14.2 Å². The number of benzene rings is 1. The normalized spacial score (nSPS) is 17.9. The van der Waals surface area contributed by atoms with Gasteiger partial charge in [0.2, 0.25) is 0 Å². The number of nitrogens with two attached hydrogens (primary N) is 1. The smallest absolute Gasteiger partial charge is 0.124 e. The van der Waals surface area contributed by atoms with Gasteiger partial charge in [0, 0.05) is 23.6 Å². The molecule has 1 aliphatic carbocycles. The molecule has 4 nitrogen and oxygen atoms in total. The Morgan fingerprint density at radius 1 is 1.26 bits per heavy atom. The van der Waals surface area contributed by atoms with Gasteiger partial charge < -0.3 is 20.5 Å². The fourth-order valence-corrected chi connectivity index (χ4v) is 2.76. The summed E-state index contributed by atoms with van der Waals surface area (Å²) in [6, 6.07) is 4.00. The Morgan fingerprint density at radius 3 is 2.37 bits per heavy atom. The third kappa shape index (κ3) is 2.55. The van der Waals surface area contributed by atoms with Crippen LogP contribution >= 0.6 is 0 Å². The maximum Gasteiger partial charge on any atom is 0.124 e. The Bertz CT molecular complexity index is 456. The molecule has 0 aliphatic heterocycles. The largest absolute Gasteiger partial charge is 0.496 e. The zero-order valence-corrected chi connectivity index (χ0v) is 12.2. The van der Waals surface area contributed by atoms with Crippen LogP contribution in [0.15, 0.2) is 12.1 Å². The van der Waals surface area contributed by atoms with Crippen LogP contribution in [-0.4, -0.2) is 27.8 Å². The summed E-state index contributed by atoms with van der Waals surface area (Å²) in [6.07, 6.45) is 2.32. The van der Waals surface area contributed by atoms with Crippen molar-refractivity contribution in [2.24, 2.45) is 11.1 Å². The maximum absolute atomic E-state index is 6.50. The topological polar surface area (TPSA) is 56.5 Å². The van der Waals surface area contributed by atoms with Crippen LogP contribution < -0.4 is 20.5 Å². The standard InChI is InChI=1S/C15H24N2O2/c1-10-7-13(19-4)11(8-12(10)18-3)14(16)15(5-6-15)9-17-2/h7-8,14,17H,5-6,9,16H2,1-4H3. The molecule has 0 aromatic heterocycles. The Kier molecular flexibility index (Phi) is 4.02. The van der Waals surface area contributed by atoms with Gasteiger partial charge >= 0.3 is 0 Å². The lowest BCUT2D eigenvalue weighted by molar-refractivity contribution is 0.358. The van der Waals surface area contributed by atoms with Crippen molar-refractivity contribution in [2.75, 3.05) is 27.8 Å². The van der Waals surface area contributed by atoms with Crippen molar-refractivity contribution >= 4 is 0 Å². The molecule has 1 saturated carbocycles. The first-order chi connectivity index (χ1) is 9.07. The lowest BCUT2D eigenvalue weighted by Gasteiger charge is -2.26. The van der Waals surface area contributed by atoms with Gasteiger partial charge in [-0.25, -0.2) is 0 Å². The van der Waals surface area contributed by atoms with Crippen molar-refractivity contribution in [1.29, 1.82) is 0 Å². The van der Waals surface area contributed by atoms with E-state index in [4.69, 9.17) is 15.2 Å². The van der Waals surface area contributed by atoms with Gasteiger partial charge in [0.25, 0.3) is 0 Å². The second-order valence-corrected chi connectivity index (χ2v) is 5.43. The average Bonchev–Trinajstić information content (AvgIpc) is 3.19. The fourth-order valence-electron chi connectivity index (χ4n) is 2.76. The summed E-state index contributed by atoms with van der Waals surface area (Å²) < 4.78 is 10.9. The Labute approximate surface area is 115 Å². The lowest BCUT2D eigenvalue weighted by Crippen LogP contribution is -2.31. The number of nitrogens with one attached hydrogen (secondary N) is 1. The van der Waals surface area contributed by atoms with Crippen LogP contribution in [0.2, 0.25) is 0 Å². The van der Waals surface area contributed by atoms with Crippen LogP contribution in [0.1, 0.15) is 30.0 Å². The first kappa shape index (κ1) is 14.2. The van der Waals surface area contributed by atoms with Crippen LogP contribution in [0.3, 0.4) is 0 Å². The molecule has 1 atom stereocenters. The number of rotatable bonds is 6. The molecule has 0 spiro atoms. The first-order valence-electron chi connectivity index (χ1n) is 6.70. The van der Waals surface area contributed by atoms with E-state index in [1.165, 1.54) is 0 Å².